The minimum Gasteiger partial charge on any atom is -0.381 e. The molecule has 1 atom stereocenters. The number of hydrogen-bond acceptors (Lipinski definition) is 2. The average Bonchev–Trinajstić information content (AvgIpc) is 2.47. The van der Waals surface area contributed by atoms with E-state index in [0.717, 1.165) is 38.2 Å². The zero-order chi connectivity index (χ0) is 13.7. The van der Waals surface area contributed by atoms with Gasteiger partial charge in [0.05, 0.1) is 6.61 Å². The number of ether oxygens (including phenoxy) is 1. The van der Waals surface area contributed by atoms with Crippen LogP contribution in [0.25, 0.3) is 0 Å². The van der Waals surface area contributed by atoms with Crippen molar-refractivity contribution in [3.8, 4) is 0 Å². The van der Waals surface area contributed by atoms with Gasteiger partial charge in [-0.1, -0.05) is 12.1 Å². The highest BCUT2D eigenvalue weighted by Crippen LogP contribution is 2.16. The molecule has 0 aliphatic carbocycles. The van der Waals surface area contributed by atoms with E-state index < -0.39 is 0 Å². The first-order valence-electron chi connectivity index (χ1n) is 6.69. The third-order valence-electron chi connectivity index (χ3n) is 3.49. The minimum atomic E-state index is 0.0618. The zero-order valence-corrected chi connectivity index (χ0v) is 12.0. The summed E-state index contributed by atoms with van der Waals surface area (Å²) in [7, 11) is 1.85. The van der Waals surface area contributed by atoms with Crippen LogP contribution in [-0.2, 0) is 10.6 Å². The van der Waals surface area contributed by atoms with Gasteiger partial charge in [-0.3, -0.25) is 4.79 Å². The second kappa shape index (κ2) is 6.92. The van der Waals surface area contributed by atoms with Crippen LogP contribution in [0.1, 0.15) is 28.8 Å². The molecule has 0 bridgehead atoms. The van der Waals surface area contributed by atoms with E-state index in [1.54, 1.807) is 4.90 Å². The Labute approximate surface area is 119 Å². The van der Waals surface area contributed by atoms with Crippen LogP contribution in [0.15, 0.2) is 24.3 Å². The molecule has 1 aromatic carbocycles. The van der Waals surface area contributed by atoms with Crippen molar-refractivity contribution in [1.82, 2.24) is 4.90 Å². The molecule has 0 N–H and O–H groups in total. The van der Waals surface area contributed by atoms with Gasteiger partial charge in [0.15, 0.2) is 0 Å². The monoisotopic (exact) mass is 281 g/mol. The second-order valence-corrected chi connectivity index (χ2v) is 5.37. The van der Waals surface area contributed by atoms with Gasteiger partial charge in [0.2, 0.25) is 0 Å². The van der Waals surface area contributed by atoms with E-state index in [4.69, 9.17) is 16.3 Å². The maximum atomic E-state index is 12.3. The summed E-state index contributed by atoms with van der Waals surface area (Å²) in [6, 6.07) is 7.48. The summed E-state index contributed by atoms with van der Waals surface area (Å²) in [4.78, 5) is 14.1. The van der Waals surface area contributed by atoms with Crippen molar-refractivity contribution >= 4 is 17.5 Å². The number of benzene rings is 1. The van der Waals surface area contributed by atoms with Gasteiger partial charge in [-0.15, -0.1) is 11.6 Å². The lowest BCUT2D eigenvalue weighted by atomic mass is 10.0. The summed E-state index contributed by atoms with van der Waals surface area (Å²) in [5, 5.41) is 0. The Hall–Kier alpha value is -1.06. The van der Waals surface area contributed by atoms with Gasteiger partial charge in [-0.2, -0.15) is 0 Å². The molecule has 1 fully saturated rings. The molecule has 4 heteroatoms. The van der Waals surface area contributed by atoms with E-state index in [0.29, 0.717) is 17.4 Å². The number of carbonyl (C=O) groups excluding carboxylic acids is 1. The Bertz CT molecular complexity index is 413. The van der Waals surface area contributed by atoms with Crippen LogP contribution in [0.4, 0.5) is 0 Å². The highest BCUT2D eigenvalue weighted by molar-refractivity contribution is 6.17. The number of alkyl halides is 1. The Morgan fingerprint density at radius 3 is 2.74 bits per heavy atom. The first-order valence-corrected chi connectivity index (χ1v) is 7.22. The summed E-state index contributed by atoms with van der Waals surface area (Å²) >= 11 is 5.74. The standard InChI is InChI=1S/C15H20ClNO2/c1-17(10-13-3-2-8-19-11-13)15(18)14-6-4-12(9-16)5-7-14/h4-7,13H,2-3,8-11H2,1H3. The van der Waals surface area contributed by atoms with Crippen LogP contribution in [0.5, 0.6) is 0 Å². The van der Waals surface area contributed by atoms with E-state index in [9.17, 15) is 4.79 Å². The number of nitrogens with zero attached hydrogens (tertiary/aromatic N) is 1. The predicted molar refractivity (Wildman–Crippen MR) is 76.5 cm³/mol. The van der Waals surface area contributed by atoms with E-state index in [1.807, 2.05) is 31.3 Å². The smallest absolute Gasteiger partial charge is 0.253 e. The molecule has 2 rings (SSSR count). The summed E-state index contributed by atoms with van der Waals surface area (Å²) in [5.41, 5.74) is 1.75. The number of rotatable bonds is 4. The van der Waals surface area contributed by atoms with Crippen molar-refractivity contribution in [2.45, 2.75) is 18.7 Å². The first-order chi connectivity index (χ1) is 9.20. The third kappa shape index (κ3) is 3.95. The molecular weight excluding hydrogens is 262 g/mol. The molecule has 0 aromatic heterocycles. The summed E-state index contributed by atoms with van der Waals surface area (Å²) in [6.07, 6.45) is 2.24. The molecule has 1 heterocycles. The predicted octanol–water partition coefficient (Wildman–Crippen LogP) is 2.92. The fourth-order valence-electron chi connectivity index (χ4n) is 2.38. The third-order valence-corrected chi connectivity index (χ3v) is 3.80. The van der Waals surface area contributed by atoms with Crippen molar-refractivity contribution in [1.29, 1.82) is 0 Å². The van der Waals surface area contributed by atoms with E-state index in [1.165, 1.54) is 0 Å². The van der Waals surface area contributed by atoms with Gasteiger partial charge in [0.1, 0.15) is 0 Å². The van der Waals surface area contributed by atoms with Crippen LogP contribution in [0.3, 0.4) is 0 Å². The normalized spacial score (nSPS) is 19.2. The van der Waals surface area contributed by atoms with Crippen molar-refractivity contribution in [2.24, 2.45) is 5.92 Å². The molecule has 1 aromatic rings. The minimum absolute atomic E-state index is 0.0618. The Morgan fingerprint density at radius 2 is 2.16 bits per heavy atom. The van der Waals surface area contributed by atoms with Crippen LogP contribution >= 0.6 is 11.6 Å². The SMILES string of the molecule is CN(CC1CCCOC1)C(=O)c1ccc(CCl)cc1. The summed E-state index contributed by atoms with van der Waals surface area (Å²) in [6.45, 7) is 2.38. The molecule has 1 saturated heterocycles. The number of amides is 1. The highest BCUT2D eigenvalue weighted by Gasteiger charge is 2.19. The summed E-state index contributed by atoms with van der Waals surface area (Å²) < 4.78 is 5.45. The van der Waals surface area contributed by atoms with Gasteiger partial charge < -0.3 is 9.64 Å². The highest BCUT2D eigenvalue weighted by atomic mass is 35.5. The average molecular weight is 282 g/mol. The topological polar surface area (TPSA) is 29.5 Å². The van der Waals surface area contributed by atoms with Crippen LogP contribution in [0.2, 0.25) is 0 Å². The zero-order valence-electron chi connectivity index (χ0n) is 11.3. The van der Waals surface area contributed by atoms with Gasteiger partial charge in [-0.05, 0) is 36.5 Å². The molecule has 1 aliphatic rings. The largest absolute Gasteiger partial charge is 0.381 e. The lowest BCUT2D eigenvalue weighted by molar-refractivity contribution is 0.0388. The van der Waals surface area contributed by atoms with Crippen molar-refractivity contribution in [3.63, 3.8) is 0 Å². The van der Waals surface area contributed by atoms with Gasteiger partial charge in [0.25, 0.3) is 5.91 Å². The quantitative estimate of drug-likeness (QED) is 0.794. The molecule has 0 radical (unpaired) electrons. The van der Waals surface area contributed by atoms with Gasteiger partial charge in [-0.25, -0.2) is 0 Å². The van der Waals surface area contributed by atoms with E-state index in [-0.39, 0.29) is 5.91 Å². The number of hydrogen-bond donors (Lipinski definition) is 0. The molecule has 1 unspecified atom stereocenters. The molecule has 0 saturated carbocycles. The first kappa shape index (κ1) is 14.4. The Morgan fingerprint density at radius 1 is 1.42 bits per heavy atom. The van der Waals surface area contributed by atoms with Crippen LogP contribution in [0, 0.1) is 5.92 Å². The fourth-order valence-corrected chi connectivity index (χ4v) is 2.56. The Kier molecular flexibility index (Phi) is 5.23. The van der Waals surface area contributed by atoms with Crippen LogP contribution < -0.4 is 0 Å². The molecule has 1 aliphatic heterocycles. The maximum Gasteiger partial charge on any atom is 0.253 e. The molecule has 0 spiro atoms. The molecule has 19 heavy (non-hydrogen) atoms. The number of carbonyl (C=O) groups is 1. The number of halogens is 1. The van der Waals surface area contributed by atoms with E-state index >= 15 is 0 Å². The van der Waals surface area contributed by atoms with Gasteiger partial charge in [0, 0.05) is 31.6 Å². The van der Waals surface area contributed by atoms with Crippen LogP contribution in [-0.4, -0.2) is 37.6 Å². The Balaban J connectivity index is 1.93. The second-order valence-electron chi connectivity index (χ2n) is 5.10. The molecule has 1 amide bonds. The maximum absolute atomic E-state index is 12.3. The van der Waals surface area contributed by atoms with Crippen molar-refractivity contribution < 1.29 is 9.53 Å². The molecule has 104 valence electrons. The molecular formula is C15H20ClNO2. The molecule has 3 nitrogen and oxygen atoms in total. The lowest BCUT2D eigenvalue weighted by Crippen LogP contribution is -2.35. The van der Waals surface area contributed by atoms with E-state index in [2.05, 4.69) is 0 Å². The fraction of sp³-hybridized carbons (Fsp3) is 0.533. The lowest BCUT2D eigenvalue weighted by Gasteiger charge is -2.27. The van der Waals surface area contributed by atoms with Crippen molar-refractivity contribution in [2.75, 3.05) is 26.8 Å². The van der Waals surface area contributed by atoms with Crippen molar-refractivity contribution in [3.05, 3.63) is 35.4 Å². The van der Waals surface area contributed by atoms with Gasteiger partial charge >= 0.3 is 0 Å². The summed E-state index contributed by atoms with van der Waals surface area (Å²) in [5.74, 6) is 1.00.